The summed E-state index contributed by atoms with van der Waals surface area (Å²) in [7, 11) is 0. The van der Waals surface area contributed by atoms with Gasteiger partial charge >= 0.3 is 0 Å². The van der Waals surface area contributed by atoms with Crippen LogP contribution in [0.5, 0.6) is 0 Å². The van der Waals surface area contributed by atoms with Crippen molar-refractivity contribution in [2.24, 2.45) is 5.10 Å². The summed E-state index contributed by atoms with van der Waals surface area (Å²) < 4.78 is 27.4. The number of hydrogen-bond acceptors (Lipinski definition) is 5. The number of aromatic nitrogens is 1. The fraction of sp³-hybridized carbons (Fsp3) is 0.0870. The summed E-state index contributed by atoms with van der Waals surface area (Å²) in [6, 6.07) is 19.9. The van der Waals surface area contributed by atoms with Crippen LogP contribution in [-0.2, 0) is 4.79 Å². The molecule has 0 saturated heterocycles. The number of nitrogens with zero attached hydrogens (tertiary/aromatic N) is 3. The Labute approximate surface area is 186 Å². The molecule has 1 aromatic heterocycles. The number of carbonyl (C=O) groups is 1. The molecule has 0 aliphatic rings. The van der Waals surface area contributed by atoms with Crippen LogP contribution < -0.4 is 5.01 Å². The molecule has 0 bridgehead atoms. The van der Waals surface area contributed by atoms with Crippen LogP contribution in [0.2, 0.25) is 0 Å². The summed E-state index contributed by atoms with van der Waals surface area (Å²) >= 11 is 2.77. The smallest absolute Gasteiger partial charge is 0.250 e. The zero-order valence-electron chi connectivity index (χ0n) is 16.2. The van der Waals surface area contributed by atoms with Crippen molar-refractivity contribution in [2.75, 3.05) is 10.8 Å². The van der Waals surface area contributed by atoms with Gasteiger partial charge < -0.3 is 0 Å². The number of fused-ring (bicyclic) bond motifs is 1. The minimum Gasteiger partial charge on any atom is -0.272 e. The number of hydrazone groups is 1. The van der Waals surface area contributed by atoms with Crippen LogP contribution in [-0.4, -0.2) is 22.9 Å². The molecule has 1 heterocycles. The second-order valence-electron chi connectivity index (χ2n) is 6.52. The van der Waals surface area contributed by atoms with Crippen LogP contribution in [0.1, 0.15) is 12.0 Å². The maximum absolute atomic E-state index is 13.6. The van der Waals surface area contributed by atoms with Crippen molar-refractivity contribution in [1.29, 1.82) is 0 Å². The van der Waals surface area contributed by atoms with Gasteiger partial charge in [0.1, 0.15) is 11.6 Å². The number of halogens is 2. The van der Waals surface area contributed by atoms with Gasteiger partial charge in [0.2, 0.25) is 11.0 Å². The molecule has 0 fully saturated rings. The average molecular weight is 454 g/mol. The Morgan fingerprint density at radius 3 is 2.55 bits per heavy atom. The lowest BCUT2D eigenvalue weighted by molar-refractivity contribution is -0.118. The predicted molar refractivity (Wildman–Crippen MR) is 123 cm³/mol. The van der Waals surface area contributed by atoms with Gasteiger partial charge in [-0.2, -0.15) is 10.1 Å². The number of amides is 1. The van der Waals surface area contributed by atoms with E-state index in [1.807, 2.05) is 30.3 Å². The highest BCUT2D eigenvalue weighted by Crippen LogP contribution is 2.30. The Bertz CT molecular complexity index is 1210. The third kappa shape index (κ3) is 5.53. The Hall–Kier alpha value is -3.10. The topological polar surface area (TPSA) is 45.6 Å². The second kappa shape index (κ2) is 9.80. The number of thioether (sulfide) groups is 1. The lowest BCUT2D eigenvalue weighted by Gasteiger charge is -2.13. The van der Waals surface area contributed by atoms with Crippen molar-refractivity contribution in [1.82, 2.24) is 4.98 Å². The SMILES string of the molecule is O=C(CCSc1ccccc1)N(/N=C/c1ccc(F)cc1)c1nc2ccc(F)cc2s1. The van der Waals surface area contributed by atoms with Crippen LogP contribution in [0.15, 0.2) is 82.8 Å². The number of benzene rings is 3. The number of rotatable bonds is 7. The van der Waals surface area contributed by atoms with Crippen molar-refractivity contribution in [3.8, 4) is 0 Å². The zero-order valence-corrected chi connectivity index (χ0v) is 17.9. The van der Waals surface area contributed by atoms with Crippen molar-refractivity contribution in [2.45, 2.75) is 11.3 Å². The van der Waals surface area contributed by atoms with Crippen molar-refractivity contribution in [3.63, 3.8) is 0 Å². The highest BCUT2D eigenvalue weighted by atomic mass is 32.2. The van der Waals surface area contributed by atoms with Gasteiger partial charge in [-0.25, -0.2) is 13.8 Å². The Balaban J connectivity index is 1.56. The fourth-order valence-electron chi connectivity index (χ4n) is 2.75. The van der Waals surface area contributed by atoms with Gasteiger partial charge in [-0.15, -0.1) is 11.8 Å². The standard InChI is InChI=1S/C23H17F2N3OS2/c24-17-8-6-16(7-9-17)15-26-28(22(29)12-13-30-19-4-2-1-3-5-19)23-27-20-11-10-18(25)14-21(20)31-23/h1-11,14-15H,12-13H2/b26-15+. The monoisotopic (exact) mass is 453 g/mol. The first-order chi connectivity index (χ1) is 15.1. The molecule has 4 rings (SSSR count). The van der Waals surface area contributed by atoms with Crippen LogP contribution in [0.3, 0.4) is 0 Å². The van der Waals surface area contributed by atoms with E-state index in [4.69, 9.17) is 0 Å². The van der Waals surface area contributed by atoms with E-state index in [0.29, 0.717) is 26.7 Å². The van der Waals surface area contributed by atoms with E-state index in [1.54, 1.807) is 30.0 Å². The van der Waals surface area contributed by atoms with Gasteiger partial charge in [0.15, 0.2) is 0 Å². The van der Waals surface area contributed by atoms with Gasteiger partial charge in [-0.05, 0) is 48.0 Å². The lowest BCUT2D eigenvalue weighted by Crippen LogP contribution is -2.25. The molecule has 0 N–H and O–H groups in total. The summed E-state index contributed by atoms with van der Waals surface area (Å²) in [5, 5.41) is 5.91. The molecule has 0 aliphatic heterocycles. The normalized spacial score (nSPS) is 11.3. The molecule has 0 unspecified atom stereocenters. The van der Waals surface area contributed by atoms with Crippen molar-refractivity contribution < 1.29 is 13.6 Å². The molecule has 156 valence electrons. The highest BCUT2D eigenvalue weighted by molar-refractivity contribution is 7.99. The molecule has 0 radical (unpaired) electrons. The number of carbonyl (C=O) groups excluding carboxylic acids is 1. The molecular formula is C23H17F2N3OS2. The number of hydrogen-bond donors (Lipinski definition) is 0. The van der Waals surface area contributed by atoms with E-state index in [-0.39, 0.29) is 24.0 Å². The van der Waals surface area contributed by atoms with E-state index in [2.05, 4.69) is 10.1 Å². The summed E-state index contributed by atoms with van der Waals surface area (Å²) in [5.41, 5.74) is 1.24. The third-order valence-corrected chi connectivity index (χ3v) is 6.28. The van der Waals surface area contributed by atoms with Crippen LogP contribution in [0.25, 0.3) is 10.2 Å². The first-order valence-corrected chi connectivity index (χ1v) is 11.3. The molecule has 8 heteroatoms. The van der Waals surface area contributed by atoms with E-state index in [9.17, 15) is 13.6 Å². The molecule has 0 atom stereocenters. The largest absolute Gasteiger partial charge is 0.272 e. The van der Waals surface area contributed by atoms with Gasteiger partial charge in [0, 0.05) is 17.1 Å². The first-order valence-electron chi connectivity index (χ1n) is 9.45. The Morgan fingerprint density at radius 2 is 1.77 bits per heavy atom. The fourth-order valence-corrected chi connectivity index (χ4v) is 4.58. The molecule has 4 aromatic rings. The minimum atomic E-state index is -0.366. The number of anilines is 1. The average Bonchev–Trinajstić information content (AvgIpc) is 3.18. The van der Waals surface area contributed by atoms with E-state index >= 15 is 0 Å². The zero-order chi connectivity index (χ0) is 21.6. The summed E-state index contributed by atoms with van der Waals surface area (Å²) in [6.07, 6.45) is 1.72. The molecule has 0 aliphatic carbocycles. The second-order valence-corrected chi connectivity index (χ2v) is 8.70. The molecule has 1 amide bonds. The van der Waals surface area contributed by atoms with Gasteiger partial charge in [-0.3, -0.25) is 4.79 Å². The molecule has 31 heavy (non-hydrogen) atoms. The summed E-state index contributed by atoms with van der Waals surface area (Å²) in [5.74, 6) is -0.377. The molecule has 4 nitrogen and oxygen atoms in total. The van der Waals surface area contributed by atoms with Gasteiger partial charge in [0.05, 0.1) is 16.4 Å². The van der Waals surface area contributed by atoms with Crippen molar-refractivity contribution >= 4 is 50.6 Å². The van der Waals surface area contributed by atoms with E-state index < -0.39 is 0 Å². The van der Waals surface area contributed by atoms with Crippen LogP contribution in [0.4, 0.5) is 13.9 Å². The summed E-state index contributed by atoms with van der Waals surface area (Å²) in [4.78, 5) is 18.5. The minimum absolute atomic E-state index is 0.235. The maximum Gasteiger partial charge on any atom is 0.250 e. The Morgan fingerprint density at radius 1 is 1.03 bits per heavy atom. The van der Waals surface area contributed by atoms with E-state index in [0.717, 1.165) is 4.90 Å². The van der Waals surface area contributed by atoms with Crippen LogP contribution >= 0.6 is 23.1 Å². The predicted octanol–water partition coefficient (Wildman–Crippen LogP) is 6.12. The lowest BCUT2D eigenvalue weighted by atomic mass is 10.2. The van der Waals surface area contributed by atoms with Gasteiger partial charge in [0.25, 0.3) is 0 Å². The molecule has 0 spiro atoms. The summed E-state index contributed by atoms with van der Waals surface area (Å²) in [6.45, 7) is 0. The highest BCUT2D eigenvalue weighted by Gasteiger charge is 2.19. The molecule has 3 aromatic carbocycles. The van der Waals surface area contributed by atoms with Crippen molar-refractivity contribution in [3.05, 3.63) is 90.0 Å². The molecular weight excluding hydrogens is 436 g/mol. The molecule has 0 saturated carbocycles. The maximum atomic E-state index is 13.6. The number of thiazole rings is 1. The quantitative estimate of drug-likeness (QED) is 0.192. The van der Waals surface area contributed by atoms with E-state index in [1.165, 1.54) is 46.8 Å². The van der Waals surface area contributed by atoms with Crippen LogP contribution in [0, 0.1) is 11.6 Å². The Kier molecular flexibility index (Phi) is 6.69. The first kappa shape index (κ1) is 21.1. The third-order valence-electron chi connectivity index (χ3n) is 4.28. The van der Waals surface area contributed by atoms with Gasteiger partial charge in [-0.1, -0.05) is 41.7 Å².